The second kappa shape index (κ2) is 4.00. The normalized spacial score (nSPS) is 10.6. The molecular weight excluding hydrogens is 189 g/mol. The Labute approximate surface area is 88.5 Å². The first-order valence-electron chi connectivity index (χ1n) is 4.96. The number of hydrogen-bond donors (Lipinski definition) is 2. The largest absolute Gasteiger partial charge is 0.490 e. The summed E-state index contributed by atoms with van der Waals surface area (Å²) in [5.41, 5.74) is 1.44. The van der Waals surface area contributed by atoms with Crippen LogP contribution in [0, 0.1) is 0 Å². The molecule has 4 heteroatoms. The van der Waals surface area contributed by atoms with Gasteiger partial charge in [-0.1, -0.05) is 31.2 Å². The highest BCUT2D eigenvalue weighted by Gasteiger charge is 2.16. The van der Waals surface area contributed by atoms with E-state index in [1.807, 2.05) is 31.2 Å². The van der Waals surface area contributed by atoms with Gasteiger partial charge in [0.25, 0.3) is 0 Å². The average molecular weight is 201 g/mol. The Hall–Kier alpha value is -1.39. The van der Waals surface area contributed by atoms with Crippen LogP contribution in [0.1, 0.15) is 12.6 Å². The zero-order chi connectivity index (χ0) is 10.8. The molecule has 2 rings (SSSR count). The van der Waals surface area contributed by atoms with Crippen molar-refractivity contribution in [1.29, 1.82) is 0 Å². The smallest absolute Gasteiger partial charge is 0.423 e. The molecule has 0 bridgehead atoms. The molecule has 2 N–H and O–H groups in total. The van der Waals surface area contributed by atoms with Crippen LogP contribution in [0.15, 0.2) is 30.5 Å². The molecule has 0 aliphatic carbocycles. The van der Waals surface area contributed by atoms with Gasteiger partial charge < -0.3 is 10.0 Å². The van der Waals surface area contributed by atoms with Crippen molar-refractivity contribution in [2.45, 2.75) is 13.3 Å². The third-order valence-corrected chi connectivity index (χ3v) is 2.52. The summed E-state index contributed by atoms with van der Waals surface area (Å²) in [7, 11) is -1.46. The fraction of sp³-hybridized carbons (Fsp3) is 0.182. The average Bonchev–Trinajstić information content (AvgIpc) is 2.27. The van der Waals surface area contributed by atoms with E-state index in [0.717, 1.165) is 22.9 Å². The number of fused-ring (bicyclic) bond motifs is 1. The van der Waals surface area contributed by atoms with Crippen LogP contribution in [0.2, 0.25) is 0 Å². The summed E-state index contributed by atoms with van der Waals surface area (Å²) in [6.07, 6.45) is 2.37. The van der Waals surface area contributed by atoms with Crippen LogP contribution in [0.25, 0.3) is 10.8 Å². The molecule has 1 aromatic carbocycles. The van der Waals surface area contributed by atoms with Gasteiger partial charge in [0, 0.05) is 22.7 Å². The van der Waals surface area contributed by atoms with Crippen molar-refractivity contribution in [3.8, 4) is 0 Å². The van der Waals surface area contributed by atoms with Gasteiger partial charge in [0.2, 0.25) is 0 Å². The summed E-state index contributed by atoms with van der Waals surface area (Å²) >= 11 is 0. The number of aryl methyl sites for hydroxylation is 1. The monoisotopic (exact) mass is 201 g/mol. The van der Waals surface area contributed by atoms with Crippen molar-refractivity contribution in [1.82, 2.24) is 4.98 Å². The SMILES string of the molecule is CCc1ncc(B(O)O)c2ccccc12. The van der Waals surface area contributed by atoms with Gasteiger partial charge >= 0.3 is 7.12 Å². The molecule has 1 heterocycles. The van der Waals surface area contributed by atoms with E-state index in [2.05, 4.69) is 4.98 Å². The number of rotatable bonds is 2. The lowest BCUT2D eigenvalue weighted by atomic mass is 9.78. The fourth-order valence-corrected chi connectivity index (χ4v) is 1.76. The van der Waals surface area contributed by atoms with Gasteiger partial charge in [-0.15, -0.1) is 0 Å². The quantitative estimate of drug-likeness (QED) is 0.694. The highest BCUT2D eigenvalue weighted by atomic mass is 16.4. The first-order chi connectivity index (χ1) is 7.24. The summed E-state index contributed by atoms with van der Waals surface area (Å²) in [5.74, 6) is 0. The third-order valence-electron chi connectivity index (χ3n) is 2.52. The van der Waals surface area contributed by atoms with Crippen LogP contribution in [0.3, 0.4) is 0 Å². The highest BCUT2D eigenvalue weighted by molar-refractivity contribution is 6.61. The number of hydrogen-bond acceptors (Lipinski definition) is 3. The summed E-state index contributed by atoms with van der Waals surface area (Å²) in [6.45, 7) is 2.03. The van der Waals surface area contributed by atoms with Crippen molar-refractivity contribution in [2.75, 3.05) is 0 Å². The molecule has 0 fully saturated rings. The fourth-order valence-electron chi connectivity index (χ4n) is 1.76. The molecule has 0 spiro atoms. The summed E-state index contributed by atoms with van der Waals surface area (Å²) in [4.78, 5) is 4.23. The van der Waals surface area contributed by atoms with Gasteiger partial charge in [-0.05, 0) is 11.8 Å². The maximum atomic E-state index is 9.20. The molecule has 0 aliphatic heterocycles. The van der Waals surface area contributed by atoms with E-state index in [1.54, 1.807) is 0 Å². The van der Waals surface area contributed by atoms with E-state index in [9.17, 15) is 10.0 Å². The molecule has 2 aromatic rings. The summed E-state index contributed by atoms with van der Waals surface area (Å²) in [5, 5.41) is 20.3. The molecule has 3 nitrogen and oxygen atoms in total. The Bertz CT molecular complexity index is 485. The van der Waals surface area contributed by atoms with Crippen molar-refractivity contribution >= 4 is 23.4 Å². The van der Waals surface area contributed by atoms with E-state index in [0.29, 0.717) is 5.46 Å². The maximum Gasteiger partial charge on any atom is 0.490 e. The lowest BCUT2D eigenvalue weighted by molar-refractivity contribution is 0.426. The first-order valence-corrected chi connectivity index (χ1v) is 4.96. The zero-order valence-corrected chi connectivity index (χ0v) is 8.51. The number of pyridine rings is 1. The first kappa shape index (κ1) is 10.1. The van der Waals surface area contributed by atoms with Gasteiger partial charge in [0.1, 0.15) is 0 Å². The van der Waals surface area contributed by atoms with Gasteiger partial charge in [-0.3, -0.25) is 4.98 Å². The Morgan fingerprint density at radius 2 is 1.87 bits per heavy atom. The van der Waals surface area contributed by atoms with Crippen molar-refractivity contribution in [3.05, 3.63) is 36.2 Å². The molecule has 0 saturated carbocycles. The maximum absolute atomic E-state index is 9.20. The number of aromatic nitrogens is 1. The Balaban J connectivity index is 2.77. The van der Waals surface area contributed by atoms with Gasteiger partial charge in [-0.2, -0.15) is 0 Å². The van der Waals surface area contributed by atoms with Crippen molar-refractivity contribution in [3.63, 3.8) is 0 Å². The third kappa shape index (κ3) is 1.74. The minimum absolute atomic E-state index is 0.461. The summed E-state index contributed by atoms with van der Waals surface area (Å²) in [6, 6.07) is 7.64. The lowest BCUT2D eigenvalue weighted by Crippen LogP contribution is -2.31. The minimum Gasteiger partial charge on any atom is -0.423 e. The lowest BCUT2D eigenvalue weighted by Gasteiger charge is -2.08. The predicted molar refractivity (Wildman–Crippen MR) is 60.9 cm³/mol. The Kier molecular flexibility index (Phi) is 2.71. The van der Waals surface area contributed by atoms with Gasteiger partial charge in [0.15, 0.2) is 0 Å². The predicted octanol–water partition coefficient (Wildman–Crippen LogP) is 0.477. The van der Waals surface area contributed by atoms with Crippen LogP contribution in [0.4, 0.5) is 0 Å². The second-order valence-corrected chi connectivity index (χ2v) is 3.43. The van der Waals surface area contributed by atoms with Crippen LogP contribution in [-0.4, -0.2) is 22.2 Å². The van der Waals surface area contributed by atoms with Crippen LogP contribution >= 0.6 is 0 Å². The van der Waals surface area contributed by atoms with E-state index in [1.165, 1.54) is 6.20 Å². The molecule has 15 heavy (non-hydrogen) atoms. The van der Waals surface area contributed by atoms with Crippen LogP contribution < -0.4 is 5.46 Å². The molecule has 0 atom stereocenters. The molecular formula is C11H12BNO2. The van der Waals surface area contributed by atoms with Crippen LogP contribution in [0.5, 0.6) is 0 Å². The summed E-state index contributed by atoms with van der Waals surface area (Å²) < 4.78 is 0. The molecule has 0 saturated heterocycles. The molecule has 0 aliphatic rings. The molecule has 0 unspecified atom stereocenters. The van der Waals surface area contributed by atoms with E-state index in [4.69, 9.17) is 0 Å². The van der Waals surface area contributed by atoms with Gasteiger partial charge in [-0.25, -0.2) is 0 Å². The number of nitrogens with zero attached hydrogens (tertiary/aromatic N) is 1. The standard InChI is InChI=1S/C11H12BNO2/c1-2-11-9-6-4-3-5-8(9)10(7-13-11)12(14)15/h3-7,14-15H,2H2,1H3. The van der Waals surface area contributed by atoms with Crippen LogP contribution in [-0.2, 0) is 6.42 Å². The van der Waals surface area contributed by atoms with Crippen molar-refractivity contribution in [2.24, 2.45) is 0 Å². The molecule has 1 aromatic heterocycles. The van der Waals surface area contributed by atoms with E-state index >= 15 is 0 Å². The highest BCUT2D eigenvalue weighted by Crippen LogP contribution is 2.15. The second-order valence-electron chi connectivity index (χ2n) is 3.43. The van der Waals surface area contributed by atoms with Gasteiger partial charge in [0.05, 0.1) is 0 Å². The molecule has 0 amide bonds. The molecule has 0 radical (unpaired) electrons. The Morgan fingerprint density at radius 1 is 1.20 bits per heavy atom. The topological polar surface area (TPSA) is 53.4 Å². The molecule has 76 valence electrons. The number of benzene rings is 1. The zero-order valence-electron chi connectivity index (χ0n) is 8.51. The minimum atomic E-state index is -1.46. The van der Waals surface area contributed by atoms with Crippen molar-refractivity contribution < 1.29 is 10.0 Å². The Morgan fingerprint density at radius 3 is 2.47 bits per heavy atom. The van der Waals surface area contributed by atoms with E-state index in [-0.39, 0.29) is 0 Å². The van der Waals surface area contributed by atoms with E-state index < -0.39 is 7.12 Å².